The third-order valence-corrected chi connectivity index (χ3v) is 1.71. The van der Waals surface area contributed by atoms with Crippen LogP contribution in [-0.2, 0) is 0 Å². The summed E-state index contributed by atoms with van der Waals surface area (Å²) in [6.07, 6.45) is 0. The highest BCUT2D eigenvalue weighted by Crippen LogP contribution is 2.43. The SMILES string of the molecule is Clc1cc2c(Cl)n1-2. The molecule has 0 amide bonds. The molecule has 0 aromatic heterocycles. The van der Waals surface area contributed by atoms with Crippen molar-refractivity contribution >= 4 is 23.2 Å². The highest BCUT2D eigenvalue weighted by molar-refractivity contribution is 6.39. The molecule has 0 aromatic carbocycles. The molecule has 0 radical (unpaired) electrons. The minimum absolute atomic E-state index is 0.736. The van der Waals surface area contributed by atoms with E-state index in [1.165, 1.54) is 0 Å². The molecule has 2 aliphatic heterocycles. The lowest BCUT2D eigenvalue weighted by molar-refractivity contribution is 1.20. The third kappa shape index (κ3) is 0.274. The van der Waals surface area contributed by atoms with E-state index in [1.807, 2.05) is 6.07 Å². The van der Waals surface area contributed by atoms with Crippen LogP contribution in [0.4, 0.5) is 0 Å². The lowest BCUT2D eigenvalue weighted by Gasteiger charge is -1.91. The number of fused-ring (bicyclic) bond motifs is 1. The van der Waals surface area contributed by atoms with Gasteiger partial charge in [0, 0.05) is 6.07 Å². The molecule has 0 bridgehead atoms. The molecule has 2 aliphatic rings. The summed E-state index contributed by atoms with van der Waals surface area (Å²) in [5.41, 5.74) is 1.08. The molecule has 2 heterocycles. The Hall–Kier alpha value is -0.140. The van der Waals surface area contributed by atoms with Crippen LogP contribution in [-0.4, -0.2) is 4.57 Å². The van der Waals surface area contributed by atoms with Gasteiger partial charge in [0.25, 0.3) is 0 Å². The van der Waals surface area contributed by atoms with Gasteiger partial charge in [-0.25, -0.2) is 0 Å². The molecule has 0 saturated carbocycles. The molecular weight excluding hydrogens is 133 g/mol. The second kappa shape index (κ2) is 0.837. The monoisotopic (exact) mass is 133 g/mol. The van der Waals surface area contributed by atoms with Crippen LogP contribution in [0.1, 0.15) is 0 Å². The zero-order valence-corrected chi connectivity index (χ0v) is 4.79. The fourth-order valence-corrected chi connectivity index (χ4v) is 1.20. The number of rotatable bonds is 0. The van der Waals surface area contributed by atoms with E-state index >= 15 is 0 Å². The van der Waals surface area contributed by atoms with Gasteiger partial charge in [-0.05, 0) is 0 Å². The summed E-state index contributed by atoms with van der Waals surface area (Å²) >= 11 is 11.0. The van der Waals surface area contributed by atoms with Gasteiger partial charge in [-0.2, -0.15) is 0 Å². The first-order valence-corrected chi connectivity index (χ1v) is 2.63. The van der Waals surface area contributed by atoms with Crippen molar-refractivity contribution in [2.75, 3.05) is 0 Å². The van der Waals surface area contributed by atoms with E-state index < -0.39 is 0 Å². The van der Waals surface area contributed by atoms with Crippen LogP contribution in [0.2, 0.25) is 10.3 Å². The summed E-state index contributed by atoms with van der Waals surface area (Å²) in [6.45, 7) is 0. The summed E-state index contributed by atoms with van der Waals surface area (Å²) in [4.78, 5) is 0. The molecule has 1 nitrogen and oxygen atoms in total. The summed E-state index contributed by atoms with van der Waals surface area (Å²) in [5, 5.41) is 1.52. The van der Waals surface area contributed by atoms with Crippen LogP contribution in [0.3, 0.4) is 0 Å². The summed E-state index contributed by atoms with van der Waals surface area (Å²) in [6, 6.07) is 1.84. The lowest BCUT2D eigenvalue weighted by Crippen LogP contribution is -1.79. The van der Waals surface area contributed by atoms with Crippen molar-refractivity contribution in [1.29, 1.82) is 0 Å². The second-order valence-corrected chi connectivity index (χ2v) is 2.22. The standard InChI is InChI=1S/C4HCl2N/c5-3-1-2-4(6)7(2)3/h1H. The first kappa shape index (κ1) is 3.81. The molecule has 0 atom stereocenters. The lowest BCUT2D eigenvalue weighted by atomic mass is 10.5. The van der Waals surface area contributed by atoms with E-state index in [1.54, 1.807) is 4.57 Å². The van der Waals surface area contributed by atoms with Crippen LogP contribution in [0, 0.1) is 0 Å². The van der Waals surface area contributed by atoms with E-state index in [0.717, 1.165) is 16.0 Å². The van der Waals surface area contributed by atoms with E-state index in [4.69, 9.17) is 23.2 Å². The number of hydrogen-bond acceptors (Lipinski definition) is 0. The maximum atomic E-state index is 5.51. The average Bonchev–Trinajstić information content (AvgIpc) is 2.07. The van der Waals surface area contributed by atoms with Gasteiger partial charge in [-0.1, -0.05) is 23.2 Å². The van der Waals surface area contributed by atoms with E-state index in [0.29, 0.717) is 0 Å². The molecule has 3 heteroatoms. The predicted octanol–water partition coefficient (Wildman–Crippen LogP) is 2.10. The fraction of sp³-hybridized carbons (Fsp3) is 0. The Morgan fingerprint density at radius 1 is 1.43 bits per heavy atom. The van der Waals surface area contributed by atoms with Crippen LogP contribution in [0.5, 0.6) is 0 Å². The Labute approximate surface area is 50.5 Å². The number of halogens is 2. The van der Waals surface area contributed by atoms with Crippen molar-refractivity contribution in [3.8, 4) is 5.69 Å². The minimum Gasteiger partial charge on any atom is -0.286 e. The van der Waals surface area contributed by atoms with Gasteiger partial charge in [0.1, 0.15) is 10.3 Å². The zero-order chi connectivity index (χ0) is 5.02. The van der Waals surface area contributed by atoms with Gasteiger partial charge in [-0.3, -0.25) is 4.57 Å². The second-order valence-electron chi connectivity index (χ2n) is 1.48. The van der Waals surface area contributed by atoms with Gasteiger partial charge < -0.3 is 0 Å². The Morgan fingerprint density at radius 3 is 2.14 bits per heavy atom. The summed E-state index contributed by atoms with van der Waals surface area (Å²) in [5.74, 6) is 0. The fourth-order valence-electron chi connectivity index (χ4n) is 0.600. The van der Waals surface area contributed by atoms with Crippen molar-refractivity contribution in [3.63, 3.8) is 0 Å². The minimum atomic E-state index is 0.736. The molecule has 0 fully saturated rings. The van der Waals surface area contributed by atoms with Gasteiger partial charge in [-0.15, -0.1) is 0 Å². The molecule has 0 aromatic rings. The van der Waals surface area contributed by atoms with Crippen molar-refractivity contribution in [3.05, 3.63) is 16.4 Å². The summed E-state index contributed by atoms with van der Waals surface area (Å²) < 4.78 is 1.78. The first-order valence-electron chi connectivity index (χ1n) is 1.88. The Morgan fingerprint density at radius 2 is 2.14 bits per heavy atom. The van der Waals surface area contributed by atoms with Crippen molar-refractivity contribution in [2.24, 2.45) is 0 Å². The average molecular weight is 134 g/mol. The zero-order valence-electron chi connectivity index (χ0n) is 3.28. The van der Waals surface area contributed by atoms with E-state index in [2.05, 4.69) is 0 Å². The van der Waals surface area contributed by atoms with E-state index in [9.17, 15) is 0 Å². The molecule has 0 unspecified atom stereocenters. The van der Waals surface area contributed by atoms with Crippen molar-refractivity contribution in [1.82, 2.24) is 4.57 Å². The molecule has 0 saturated heterocycles. The van der Waals surface area contributed by atoms with Crippen LogP contribution >= 0.6 is 23.2 Å². The normalized spacial score (nSPS) is 12.3. The predicted molar refractivity (Wildman–Crippen MR) is 29.3 cm³/mol. The maximum absolute atomic E-state index is 5.51. The number of hydrogen-bond donors (Lipinski definition) is 0. The van der Waals surface area contributed by atoms with Crippen LogP contribution in [0.25, 0.3) is 5.69 Å². The maximum Gasteiger partial charge on any atom is 0.139 e. The third-order valence-electron chi connectivity index (χ3n) is 1.07. The first-order chi connectivity index (χ1) is 3.30. The molecule has 0 spiro atoms. The molecule has 2 rings (SSSR count). The molecule has 36 valence electrons. The topological polar surface area (TPSA) is 4.93 Å². The molecule has 0 N–H and O–H groups in total. The van der Waals surface area contributed by atoms with Gasteiger partial charge in [0.2, 0.25) is 0 Å². The van der Waals surface area contributed by atoms with Crippen molar-refractivity contribution < 1.29 is 0 Å². The number of aromatic nitrogens is 1. The molecule has 7 heavy (non-hydrogen) atoms. The van der Waals surface area contributed by atoms with Gasteiger partial charge in [0.05, 0.1) is 5.69 Å². The van der Waals surface area contributed by atoms with Crippen molar-refractivity contribution in [2.45, 2.75) is 0 Å². The van der Waals surface area contributed by atoms with Gasteiger partial charge >= 0.3 is 0 Å². The van der Waals surface area contributed by atoms with E-state index in [-0.39, 0.29) is 0 Å². The molecular formula is C4HCl2N. The van der Waals surface area contributed by atoms with Gasteiger partial charge in [0.15, 0.2) is 0 Å². The summed E-state index contributed by atoms with van der Waals surface area (Å²) in [7, 11) is 0. The quantitative estimate of drug-likeness (QED) is 0.519. The number of nitrogens with zero attached hydrogens (tertiary/aromatic N) is 1. The van der Waals surface area contributed by atoms with Crippen LogP contribution in [0.15, 0.2) is 6.07 Å². The van der Waals surface area contributed by atoms with Crippen LogP contribution < -0.4 is 0 Å². The largest absolute Gasteiger partial charge is 0.286 e. The highest BCUT2D eigenvalue weighted by atomic mass is 35.5. The molecule has 0 aliphatic carbocycles. The smallest absolute Gasteiger partial charge is 0.139 e. The Bertz CT molecular complexity index is 219. The Balaban J connectivity index is 2.71. The highest BCUT2D eigenvalue weighted by Gasteiger charge is 2.27. The Kier molecular flexibility index (Phi) is 0.456.